The maximum atomic E-state index is 12.0. The highest BCUT2D eigenvalue weighted by atomic mass is 16.5. The SMILES string of the molecule is CCCc1ccc(-c2ccccc2)c(C(=O)OC)c1O. The van der Waals surface area contributed by atoms with Crippen LogP contribution in [-0.2, 0) is 11.2 Å². The lowest BCUT2D eigenvalue weighted by Crippen LogP contribution is -2.06. The molecular weight excluding hydrogens is 252 g/mol. The van der Waals surface area contributed by atoms with Gasteiger partial charge in [-0.15, -0.1) is 0 Å². The Morgan fingerprint density at radius 3 is 2.45 bits per heavy atom. The molecule has 20 heavy (non-hydrogen) atoms. The van der Waals surface area contributed by atoms with Gasteiger partial charge in [0.25, 0.3) is 0 Å². The number of hydrogen-bond acceptors (Lipinski definition) is 3. The molecule has 0 heterocycles. The molecule has 0 aliphatic rings. The highest BCUT2D eigenvalue weighted by Gasteiger charge is 2.20. The van der Waals surface area contributed by atoms with Crippen LogP contribution in [0.25, 0.3) is 11.1 Å². The number of esters is 1. The summed E-state index contributed by atoms with van der Waals surface area (Å²) in [6, 6.07) is 13.2. The minimum Gasteiger partial charge on any atom is -0.507 e. The molecule has 2 aromatic carbocycles. The van der Waals surface area contributed by atoms with Crippen LogP contribution < -0.4 is 0 Å². The van der Waals surface area contributed by atoms with Crippen molar-refractivity contribution in [3.63, 3.8) is 0 Å². The van der Waals surface area contributed by atoms with Crippen LogP contribution in [0.5, 0.6) is 5.75 Å². The predicted octanol–water partition coefficient (Wildman–Crippen LogP) is 3.80. The second-order valence-electron chi connectivity index (χ2n) is 4.60. The number of carbonyl (C=O) groups excluding carboxylic acids is 1. The fourth-order valence-electron chi connectivity index (χ4n) is 2.27. The summed E-state index contributed by atoms with van der Waals surface area (Å²) in [5.41, 5.74) is 2.58. The average Bonchev–Trinajstić information content (AvgIpc) is 2.49. The van der Waals surface area contributed by atoms with Gasteiger partial charge in [-0.1, -0.05) is 55.8 Å². The van der Waals surface area contributed by atoms with Crippen molar-refractivity contribution in [1.82, 2.24) is 0 Å². The Hall–Kier alpha value is -2.29. The zero-order valence-electron chi connectivity index (χ0n) is 11.7. The standard InChI is InChI=1S/C17H18O3/c1-3-7-13-10-11-14(12-8-5-4-6-9-12)15(16(13)18)17(19)20-2/h4-6,8-11,18H,3,7H2,1-2H3. The van der Waals surface area contributed by atoms with Crippen molar-refractivity contribution < 1.29 is 14.6 Å². The highest BCUT2D eigenvalue weighted by Crippen LogP contribution is 2.34. The number of rotatable bonds is 4. The first kappa shape index (κ1) is 14.1. The third-order valence-corrected chi connectivity index (χ3v) is 3.26. The first-order valence-corrected chi connectivity index (χ1v) is 6.67. The first-order chi connectivity index (χ1) is 9.69. The van der Waals surface area contributed by atoms with Gasteiger partial charge in [0.15, 0.2) is 0 Å². The van der Waals surface area contributed by atoms with Crippen molar-refractivity contribution in [1.29, 1.82) is 0 Å². The lowest BCUT2D eigenvalue weighted by molar-refractivity contribution is 0.0598. The van der Waals surface area contributed by atoms with E-state index in [2.05, 4.69) is 0 Å². The molecule has 2 aromatic rings. The Labute approximate surface area is 118 Å². The molecule has 0 radical (unpaired) electrons. The molecule has 0 aromatic heterocycles. The van der Waals surface area contributed by atoms with Crippen LogP contribution in [0.15, 0.2) is 42.5 Å². The number of phenolic OH excluding ortho intramolecular Hbond substituents is 1. The lowest BCUT2D eigenvalue weighted by atomic mass is 9.95. The Morgan fingerprint density at radius 2 is 1.85 bits per heavy atom. The monoisotopic (exact) mass is 270 g/mol. The maximum Gasteiger partial charge on any atom is 0.342 e. The third kappa shape index (κ3) is 2.67. The summed E-state index contributed by atoms with van der Waals surface area (Å²) in [6.45, 7) is 2.03. The molecule has 0 saturated carbocycles. The second-order valence-corrected chi connectivity index (χ2v) is 4.60. The number of carbonyl (C=O) groups is 1. The van der Waals surface area contributed by atoms with Crippen LogP contribution in [0, 0.1) is 0 Å². The molecule has 0 amide bonds. The van der Waals surface area contributed by atoms with Crippen LogP contribution in [0.3, 0.4) is 0 Å². The van der Waals surface area contributed by atoms with Crippen LogP contribution in [0.2, 0.25) is 0 Å². The van der Waals surface area contributed by atoms with Crippen molar-refractivity contribution >= 4 is 5.97 Å². The highest BCUT2D eigenvalue weighted by molar-refractivity contribution is 6.00. The van der Waals surface area contributed by atoms with Crippen LogP contribution in [0.4, 0.5) is 0 Å². The molecule has 0 atom stereocenters. The van der Waals surface area contributed by atoms with E-state index in [9.17, 15) is 9.90 Å². The smallest absolute Gasteiger partial charge is 0.342 e. The van der Waals surface area contributed by atoms with Gasteiger partial charge in [-0.2, -0.15) is 0 Å². The van der Waals surface area contributed by atoms with Gasteiger partial charge in [0.05, 0.1) is 7.11 Å². The first-order valence-electron chi connectivity index (χ1n) is 6.67. The molecule has 0 unspecified atom stereocenters. The molecule has 0 aliphatic carbocycles. The van der Waals surface area contributed by atoms with E-state index in [1.165, 1.54) is 7.11 Å². The minimum atomic E-state index is -0.515. The van der Waals surface area contributed by atoms with E-state index in [1.54, 1.807) is 0 Å². The van der Waals surface area contributed by atoms with Gasteiger partial charge in [0.2, 0.25) is 0 Å². The van der Waals surface area contributed by atoms with E-state index in [-0.39, 0.29) is 11.3 Å². The van der Waals surface area contributed by atoms with Crippen molar-refractivity contribution in [2.75, 3.05) is 7.11 Å². The molecule has 3 nitrogen and oxygen atoms in total. The number of methoxy groups -OCH3 is 1. The molecule has 0 saturated heterocycles. The summed E-state index contributed by atoms with van der Waals surface area (Å²) in [6.07, 6.45) is 1.63. The summed E-state index contributed by atoms with van der Waals surface area (Å²) in [5, 5.41) is 10.4. The number of aryl methyl sites for hydroxylation is 1. The van der Waals surface area contributed by atoms with Gasteiger partial charge >= 0.3 is 5.97 Å². The predicted molar refractivity (Wildman–Crippen MR) is 78.9 cm³/mol. The normalized spacial score (nSPS) is 10.3. The fourth-order valence-corrected chi connectivity index (χ4v) is 2.27. The summed E-state index contributed by atoms with van der Waals surface area (Å²) in [7, 11) is 1.32. The summed E-state index contributed by atoms with van der Waals surface area (Å²) < 4.78 is 4.81. The molecule has 2 rings (SSSR count). The zero-order chi connectivity index (χ0) is 14.5. The van der Waals surface area contributed by atoms with Crippen molar-refractivity contribution in [3.05, 3.63) is 53.6 Å². The van der Waals surface area contributed by atoms with E-state index in [0.29, 0.717) is 5.56 Å². The Kier molecular flexibility index (Phi) is 4.41. The van der Waals surface area contributed by atoms with E-state index >= 15 is 0 Å². The lowest BCUT2D eigenvalue weighted by Gasteiger charge is -2.13. The minimum absolute atomic E-state index is 0.0278. The average molecular weight is 270 g/mol. The number of aromatic hydroxyl groups is 1. The molecule has 1 N–H and O–H groups in total. The summed E-state index contributed by atoms with van der Waals surface area (Å²) in [5.74, 6) is -0.487. The third-order valence-electron chi connectivity index (χ3n) is 3.26. The van der Waals surface area contributed by atoms with Crippen LogP contribution in [0.1, 0.15) is 29.3 Å². The van der Waals surface area contributed by atoms with Crippen molar-refractivity contribution in [2.24, 2.45) is 0 Å². The molecule has 104 valence electrons. The van der Waals surface area contributed by atoms with Gasteiger partial charge in [0, 0.05) is 0 Å². The Bertz CT molecular complexity index is 603. The number of hydrogen-bond donors (Lipinski definition) is 1. The Balaban J connectivity index is 2.63. The van der Waals surface area contributed by atoms with Crippen LogP contribution in [-0.4, -0.2) is 18.2 Å². The van der Waals surface area contributed by atoms with Gasteiger partial charge in [0.1, 0.15) is 11.3 Å². The zero-order valence-corrected chi connectivity index (χ0v) is 11.7. The van der Waals surface area contributed by atoms with E-state index < -0.39 is 5.97 Å². The molecule has 0 fully saturated rings. The van der Waals surface area contributed by atoms with Gasteiger partial charge in [-0.3, -0.25) is 0 Å². The van der Waals surface area contributed by atoms with Gasteiger partial charge < -0.3 is 9.84 Å². The number of ether oxygens (including phenoxy) is 1. The van der Waals surface area contributed by atoms with E-state index in [1.807, 2.05) is 49.4 Å². The largest absolute Gasteiger partial charge is 0.507 e. The topological polar surface area (TPSA) is 46.5 Å². The maximum absolute atomic E-state index is 12.0. The molecule has 0 spiro atoms. The van der Waals surface area contributed by atoms with E-state index in [4.69, 9.17) is 4.74 Å². The summed E-state index contributed by atoms with van der Waals surface area (Å²) >= 11 is 0. The molecular formula is C17H18O3. The van der Waals surface area contributed by atoms with Crippen molar-refractivity contribution in [2.45, 2.75) is 19.8 Å². The second kappa shape index (κ2) is 6.24. The quantitative estimate of drug-likeness (QED) is 0.860. The van der Waals surface area contributed by atoms with Gasteiger partial charge in [-0.05, 0) is 23.1 Å². The molecule has 0 bridgehead atoms. The number of benzene rings is 2. The van der Waals surface area contributed by atoms with Gasteiger partial charge in [-0.25, -0.2) is 4.79 Å². The fraction of sp³-hybridized carbons (Fsp3) is 0.235. The summed E-state index contributed by atoms with van der Waals surface area (Å²) in [4.78, 5) is 12.0. The number of phenols is 1. The van der Waals surface area contributed by atoms with Crippen molar-refractivity contribution in [3.8, 4) is 16.9 Å². The van der Waals surface area contributed by atoms with Crippen LogP contribution >= 0.6 is 0 Å². The Morgan fingerprint density at radius 1 is 1.15 bits per heavy atom. The van der Waals surface area contributed by atoms with E-state index in [0.717, 1.165) is 24.0 Å². The molecule has 3 heteroatoms. The molecule has 0 aliphatic heterocycles.